The highest BCUT2D eigenvalue weighted by Crippen LogP contribution is 2.06. The van der Waals surface area contributed by atoms with Gasteiger partial charge in [-0.3, -0.25) is 9.36 Å². The van der Waals surface area contributed by atoms with E-state index in [1.165, 1.54) is 5.69 Å². The van der Waals surface area contributed by atoms with E-state index < -0.39 is 0 Å². The van der Waals surface area contributed by atoms with Crippen LogP contribution in [0.1, 0.15) is 12.6 Å². The van der Waals surface area contributed by atoms with Gasteiger partial charge in [0.05, 0.1) is 18.4 Å². The fraction of sp³-hybridized carbons (Fsp3) is 0.400. The Balaban J connectivity index is 2.02. The van der Waals surface area contributed by atoms with Gasteiger partial charge in [-0.1, -0.05) is 0 Å². The number of anilines is 1. The van der Waals surface area contributed by atoms with Gasteiger partial charge in [-0.15, -0.1) is 0 Å². The predicted octanol–water partition coefficient (Wildman–Crippen LogP) is 1.25. The minimum Gasteiger partial charge on any atom is -0.365 e. The number of aryl methyl sites for hydroxylation is 2. The molecule has 0 aromatic carbocycles. The van der Waals surface area contributed by atoms with Crippen LogP contribution < -0.4 is 5.32 Å². The molecule has 2 aromatic heterocycles. The Morgan fingerprint density at radius 3 is 2.73 bits per heavy atom. The average molecular weight is 205 g/mol. The molecular formula is C10H15N5. The van der Waals surface area contributed by atoms with E-state index in [-0.39, 0.29) is 0 Å². The lowest BCUT2D eigenvalue weighted by Gasteiger charge is -2.07. The molecule has 2 heterocycles. The summed E-state index contributed by atoms with van der Waals surface area (Å²) in [7, 11) is 1.92. The molecule has 0 atom stereocenters. The van der Waals surface area contributed by atoms with Crippen molar-refractivity contribution >= 4 is 5.82 Å². The average Bonchev–Trinajstić information content (AvgIpc) is 2.83. The largest absolute Gasteiger partial charge is 0.365 e. The van der Waals surface area contributed by atoms with Crippen LogP contribution in [0, 0.1) is 0 Å². The zero-order valence-electron chi connectivity index (χ0n) is 9.01. The SMILES string of the molecule is CCn1nccc1CNc1ccnn1C. The monoisotopic (exact) mass is 205 g/mol. The lowest BCUT2D eigenvalue weighted by atomic mass is 10.4. The van der Waals surface area contributed by atoms with Crippen LogP contribution in [0.3, 0.4) is 0 Å². The molecule has 2 rings (SSSR count). The summed E-state index contributed by atoms with van der Waals surface area (Å²) in [5.74, 6) is 1.01. The Hall–Kier alpha value is -1.78. The summed E-state index contributed by atoms with van der Waals surface area (Å²) >= 11 is 0. The highest BCUT2D eigenvalue weighted by molar-refractivity contribution is 5.33. The van der Waals surface area contributed by atoms with E-state index in [1.54, 1.807) is 6.20 Å². The van der Waals surface area contributed by atoms with Gasteiger partial charge in [-0.05, 0) is 13.0 Å². The molecule has 0 radical (unpaired) electrons. The summed E-state index contributed by atoms with van der Waals surface area (Å²) in [4.78, 5) is 0. The summed E-state index contributed by atoms with van der Waals surface area (Å²) in [5, 5.41) is 11.6. The smallest absolute Gasteiger partial charge is 0.124 e. The summed E-state index contributed by atoms with van der Waals surface area (Å²) in [5.41, 5.74) is 1.18. The number of nitrogens with zero attached hydrogens (tertiary/aromatic N) is 4. The summed E-state index contributed by atoms with van der Waals surface area (Å²) < 4.78 is 3.79. The van der Waals surface area contributed by atoms with Crippen molar-refractivity contribution < 1.29 is 0 Å². The first-order chi connectivity index (χ1) is 7.31. The normalized spacial score (nSPS) is 10.5. The third kappa shape index (κ3) is 2.01. The first-order valence-electron chi connectivity index (χ1n) is 5.04. The molecule has 0 aliphatic carbocycles. The van der Waals surface area contributed by atoms with E-state index in [0.717, 1.165) is 18.9 Å². The van der Waals surface area contributed by atoms with E-state index in [4.69, 9.17) is 0 Å². The van der Waals surface area contributed by atoms with Crippen LogP contribution in [0.5, 0.6) is 0 Å². The van der Waals surface area contributed by atoms with Crippen molar-refractivity contribution in [3.8, 4) is 0 Å². The van der Waals surface area contributed by atoms with E-state index >= 15 is 0 Å². The lowest BCUT2D eigenvalue weighted by molar-refractivity contribution is 0.626. The minimum absolute atomic E-state index is 0.771. The highest BCUT2D eigenvalue weighted by Gasteiger charge is 2.01. The fourth-order valence-electron chi connectivity index (χ4n) is 1.52. The van der Waals surface area contributed by atoms with Gasteiger partial charge in [-0.2, -0.15) is 10.2 Å². The molecule has 0 bridgehead atoms. The number of rotatable bonds is 4. The molecule has 0 saturated heterocycles. The van der Waals surface area contributed by atoms with Crippen LogP contribution in [0.25, 0.3) is 0 Å². The second kappa shape index (κ2) is 4.16. The molecule has 0 fully saturated rings. The molecule has 5 nitrogen and oxygen atoms in total. The Bertz CT molecular complexity index is 428. The maximum absolute atomic E-state index is 4.21. The number of hydrogen-bond acceptors (Lipinski definition) is 3. The Labute approximate surface area is 88.7 Å². The summed E-state index contributed by atoms with van der Waals surface area (Å²) in [6.45, 7) is 3.75. The van der Waals surface area contributed by atoms with Crippen LogP contribution >= 0.6 is 0 Å². The molecule has 0 aliphatic rings. The van der Waals surface area contributed by atoms with Gasteiger partial charge in [-0.25, -0.2) is 0 Å². The molecule has 1 N–H and O–H groups in total. The number of aromatic nitrogens is 4. The zero-order valence-corrected chi connectivity index (χ0v) is 9.01. The maximum atomic E-state index is 4.21. The molecule has 0 saturated carbocycles. The van der Waals surface area contributed by atoms with Crippen molar-refractivity contribution in [3.05, 3.63) is 30.2 Å². The Kier molecular flexibility index (Phi) is 2.71. The van der Waals surface area contributed by atoms with Gasteiger partial charge in [0.15, 0.2) is 0 Å². The van der Waals surface area contributed by atoms with Crippen molar-refractivity contribution in [2.75, 3.05) is 5.32 Å². The summed E-state index contributed by atoms with van der Waals surface area (Å²) in [6.07, 6.45) is 3.60. The van der Waals surface area contributed by atoms with Crippen LogP contribution in [0.2, 0.25) is 0 Å². The van der Waals surface area contributed by atoms with E-state index in [1.807, 2.05) is 34.7 Å². The molecule has 0 unspecified atom stereocenters. The van der Waals surface area contributed by atoms with Crippen molar-refractivity contribution in [3.63, 3.8) is 0 Å². The molecular weight excluding hydrogens is 190 g/mol. The van der Waals surface area contributed by atoms with Gasteiger partial charge in [0.25, 0.3) is 0 Å². The molecule has 0 aliphatic heterocycles. The van der Waals surface area contributed by atoms with Gasteiger partial charge < -0.3 is 5.32 Å². The number of hydrogen-bond donors (Lipinski definition) is 1. The first kappa shape index (κ1) is 9.76. The molecule has 0 amide bonds. The topological polar surface area (TPSA) is 47.7 Å². The summed E-state index contributed by atoms with van der Waals surface area (Å²) in [6, 6.07) is 3.97. The van der Waals surface area contributed by atoms with Gasteiger partial charge >= 0.3 is 0 Å². The van der Waals surface area contributed by atoms with Gasteiger partial charge in [0.2, 0.25) is 0 Å². The van der Waals surface area contributed by atoms with Gasteiger partial charge in [0, 0.05) is 25.9 Å². The second-order valence-corrected chi connectivity index (χ2v) is 3.33. The van der Waals surface area contributed by atoms with Crippen molar-refractivity contribution in [1.82, 2.24) is 19.6 Å². The van der Waals surface area contributed by atoms with Crippen molar-refractivity contribution in [2.24, 2.45) is 7.05 Å². The van der Waals surface area contributed by atoms with Crippen LogP contribution in [0.4, 0.5) is 5.82 Å². The molecule has 2 aromatic rings. The predicted molar refractivity (Wildman–Crippen MR) is 58.4 cm³/mol. The molecule has 0 spiro atoms. The van der Waals surface area contributed by atoms with Crippen molar-refractivity contribution in [1.29, 1.82) is 0 Å². The molecule has 80 valence electrons. The highest BCUT2D eigenvalue weighted by atomic mass is 15.3. The Morgan fingerprint density at radius 2 is 2.07 bits per heavy atom. The molecule has 5 heteroatoms. The third-order valence-electron chi connectivity index (χ3n) is 2.38. The first-order valence-corrected chi connectivity index (χ1v) is 5.04. The number of nitrogens with one attached hydrogen (secondary N) is 1. The fourth-order valence-corrected chi connectivity index (χ4v) is 1.52. The minimum atomic E-state index is 0.771. The van der Waals surface area contributed by atoms with Crippen LogP contribution in [-0.2, 0) is 20.1 Å². The molecule has 15 heavy (non-hydrogen) atoms. The lowest BCUT2D eigenvalue weighted by Crippen LogP contribution is -2.09. The van der Waals surface area contributed by atoms with Gasteiger partial charge in [0.1, 0.15) is 5.82 Å². The van der Waals surface area contributed by atoms with E-state index in [9.17, 15) is 0 Å². The van der Waals surface area contributed by atoms with E-state index in [2.05, 4.69) is 22.4 Å². The van der Waals surface area contributed by atoms with E-state index in [0.29, 0.717) is 0 Å². The van der Waals surface area contributed by atoms with Crippen LogP contribution in [-0.4, -0.2) is 19.6 Å². The standard InChI is InChI=1S/C10H15N5/c1-3-15-9(4-6-13-15)8-11-10-5-7-12-14(10)2/h4-7,11H,3,8H2,1-2H3. The quantitative estimate of drug-likeness (QED) is 0.817. The second-order valence-electron chi connectivity index (χ2n) is 3.33. The Morgan fingerprint density at radius 1 is 1.27 bits per heavy atom. The zero-order chi connectivity index (χ0) is 10.7. The van der Waals surface area contributed by atoms with Crippen LogP contribution in [0.15, 0.2) is 24.5 Å². The van der Waals surface area contributed by atoms with Crippen molar-refractivity contribution in [2.45, 2.75) is 20.0 Å². The maximum Gasteiger partial charge on any atom is 0.124 e. The third-order valence-corrected chi connectivity index (χ3v) is 2.38.